The van der Waals surface area contributed by atoms with Crippen molar-refractivity contribution in [2.45, 2.75) is 32.7 Å². The summed E-state index contributed by atoms with van der Waals surface area (Å²) in [5.41, 5.74) is 0.841. The fourth-order valence-corrected chi connectivity index (χ4v) is 2.18. The van der Waals surface area contributed by atoms with Gasteiger partial charge in [-0.15, -0.1) is 0 Å². The number of aliphatic carboxylic acids is 1. The second-order valence-electron chi connectivity index (χ2n) is 4.86. The number of amides is 1. The van der Waals surface area contributed by atoms with Gasteiger partial charge in [0.2, 0.25) is 5.91 Å². The van der Waals surface area contributed by atoms with Crippen LogP contribution in [0.5, 0.6) is 0 Å². The van der Waals surface area contributed by atoms with Gasteiger partial charge in [0.1, 0.15) is 6.04 Å². The van der Waals surface area contributed by atoms with E-state index in [0.29, 0.717) is 6.42 Å². The third-order valence-electron chi connectivity index (χ3n) is 2.65. The van der Waals surface area contributed by atoms with Crippen LogP contribution in [0.1, 0.15) is 25.8 Å². The van der Waals surface area contributed by atoms with Gasteiger partial charge in [-0.05, 0) is 24.0 Å². The zero-order valence-corrected chi connectivity index (χ0v) is 12.6. The quantitative estimate of drug-likeness (QED) is 0.844. The van der Waals surface area contributed by atoms with Crippen molar-refractivity contribution in [3.63, 3.8) is 0 Å². The Labute approximate surface area is 121 Å². The SMILES string of the molecule is CC(C)C[C@H](NC(=O)Cc1ccccc1Br)C(=O)O. The van der Waals surface area contributed by atoms with Crippen LogP contribution in [0, 0.1) is 5.92 Å². The molecule has 104 valence electrons. The standard InChI is InChI=1S/C14H18BrNO3/c1-9(2)7-12(14(18)19)16-13(17)8-10-5-3-4-6-11(10)15/h3-6,9,12H,7-8H2,1-2H3,(H,16,17)(H,18,19)/t12-/m0/s1. The van der Waals surface area contributed by atoms with E-state index in [1.807, 2.05) is 38.1 Å². The molecular formula is C14H18BrNO3. The van der Waals surface area contributed by atoms with Crippen LogP contribution in [0.4, 0.5) is 0 Å². The molecular weight excluding hydrogens is 310 g/mol. The Bertz CT molecular complexity index is 460. The molecule has 0 radical (unpaired) electrons. The number of rotatable bonds is 6. The number of benzene rings is 1. The first kappa shape index (κ1) is 15.7. The molecule has 0 saturated carbocycles. The molecule has 0 aliphatic carbocycles. The van der Waals surface area contributed by atoms with Crippen LogP contribution in [0.3, 0.4) is 0 Å². The van der Waals surface area contributed by atoms with Gasteiger partial charge in [0, 0.05) is 4.47 Å². The van der Waals surface area contributed by atoms with E-state index in [0.717, 1.165) is 10.0 Å². The number of halogens is 1. The second-order valence-corrected chi connectivity index (χ2v) is 5.71. The normalized spacial score (nSPS) is 12.2. The van der Waals surface area contributed by atoms with E-state index < -0.39 is 12.0 Å². The number of hydrogen-bond donors (Lipinski definition) is 2. The van der Waals surface area contributed by atoms with E-state index in [9.17, 15) is 9.59 Å². The summed E-state index contributed by atoms with van der Waals surface area (Å²) in [6, 6.07) is 6.57. The molecule has 1 rings (SSSR count). The monoisotopic (exact) mass is 327 g/mol. The Balaban J connectivity index is 2.63. The Morgan fingerprint density at radius 2 is 1.95 bits per heavy atom. The van der Waals surface area contributed by atoms with Crippen molar-refractivity contribution in [3.8, 4) is 0 Å². The van der Waals surface area contributed by atoms with Gasteiger partial charge in [0.15, 0.2) is 0 Å². The molecule has 0 aromatic heterocycles. The Kier molecular flexibility index (Phi) is 6.02. The van der Waals surface area contributed by atoms with E-state index in [1.165, 1.54) is 0 Å². The lowest BCUT2D eigenvalue weighted by Gasteiger charge is -2.16. The van der Waals surface area contributed by atoms with Crippen molar-refractivity contribution >= 4 is 27.8 Å². The third-order valence-corrected chi connectivity index (χ3v) is 3.42. The van der Waals surface area contributed by atoms with E-state index >= 15 is 0 Å². The fourth-order valence-electron chi connectivity index (χ4n) is 1.75. The topological polar surface area (TPSA) is 66.4 Å². The fraction of sp³-hybridized carbons (Fsp3) is 0.429. The molecule has 1 aromatic carbocycles. The molecule has 5 heteroatoms. The average molecular weight is 328 g/mol. The molecule has 0 aliphatic rings. The Morgan fingerprint density at radius 1 is 1.32 bits per heavy atom. The summed E-state index contributed by atoms with van der Waals surface area (Å²) in [7, 11) is 0. The highest BCUT2D eigenvalue weighted by Gasteiger charge is 2.21. The molecule has 0 bridgehead atoms. The second kappa shape index (κ2) is 7.28. The van der Waals surface area contributed by atoms with Crippen LogP contribution in [0.15, 0.2) is 28.7 Å². The lowest BCUT2D eigenvalue weighted by molar-refractivity contribution is -0.142. The maximum absolute atomic E-state index is 11.9. The molecule has 1 amide bonds. The highest BCUT2D eigenvalue weighted by molar-refractivity contribution is 9.10. The first-order valence-electron chi connectivity index (χ1n) is 6.15. The van der Waals surface area contributed by atoms with Gasteiger partial charge in [0.05, 0.1) is 6.42 Å². The number of carboxylic acids is 1. The zero-order chi connectivity index (χ0) is 14.4. The van der Waals surface area contributed by atoms with Crippen molar-refractivity contribution in [2.75, 3.05) is 0 Å². The van der Waals surface area contributed by atoms with E-state index in [1.54, 1.807) is 0 Å². The van der Waals surface area contributed by atoms with Crippen LogP contribution in [-0.2, 0) is 16.0 Å². The lowest BCUT2D eigenvalue weighted by Crippen LogP contribution is -2.42. The number of nitrogens with one attached hydrogen (secondary N) is 1. The maximum Gasteiger partial charge on any atom is 0.326 e. The Hall–Kier alpha value is -1.36. The third kappa shape index (κ3) is 5.42. The van der Waals surface area contributed by atoms with Crippen LogP contribution in [-0.4, -0.2) is 23.0 Å². The largest absolute Gasteiger partial charge is 0.480 e. The summed E-state index contributed by atoms with van der Waals surface area (Å²) in [4.78, 5) is 22.9. The van der Waals surface area contributed by atoms with Crippen molar-refractivity contribution < 1.29 is 14.7 Å². The predicted molar refractivity (Wildman–Crippen MR) is 76.9 cm³/mol. The van der Waals surface area contributed by atoms with Crippen LogP contribution in [0.2, 0.25) is 0 Å². The van der Waals surface area contributed by atoms with Gasteiger partial charge in [-0.1, -0.05) is 48.0 Å². The molecule has 0 aliphatic heterocycles. The van der Waals surface area contributed by atoms with Crippen molar-refractivity contribution in [1.29, 1.82) is 0 Å². The highest BCUT2D eigenvalue weighted by Crippen LogP contribution is 2.16. The summed E-state index contributed by atoms with van der Waals surface area (Å²) in [5, 5.41) is 11.6. The zero-order valence-electron chi connectivity index (χ0n) is 11.0. The smallest absolute Gasteiger partial charge is 0.326 e. The molecule has 0 fully saturated rings. The van der Waals surface area contributed by atoms with Crippen molar-refractivity contribution in [2.24, 2.45) is 5.92 Å². The minimum absolute atomic E-state index is 0.170. The van der Waals surface area contributed by atoms with E-state index in [2.05, 4.69) is 21.2 Å². The van der Waals surface area contributed by atoms with Gasteiger partial charge in [0.25, 0.3) is 0 Å². The molecule has 1 aromatic rings. The molecule has 4 nitrogen and oxygen atoms in total. The summed E-state index contributed by atoms with van der Waals surface area (Å²) < 4.78 is 0.848. The Morgan fingerprint density at radius 3 is 2.47 bits per heavy atom. The molecule has 2 N–H and O–H groups in total. The van der Waals surface area contributed by atoms with Crippen molar-refractivity contribution in [3.05, 3.63) is 34.3 Å². The summed E-state index contributed by atoms with van der Waals surface area (Å²) in [6.45, 7) is 3.85. The maximum atomic E-state index is 11.9. The number of carbonyl (C=O) groups excluding carboxylic acids is 1. The van der Waals surface area contributed by atoms with Crippen molar-refractivity contribution in [1.82, 2.24) is 5.32 Å². The molecule has 0 spiro atoms. The van der Waals surface area contributed by atoms with E-state index in [4.69, 9.17) is 5.11 Å². The van der Waals surface area contributed by atoms with Crippen LogP contribution in [0.25, 0.3) is 0 Å². The summed E-state index contributed by atoms with van der Waals surface area (Å²) in [5.74, 6) is -1.06. The van der Waals surface area contributed by atoms with Crippen LogP contribution >= 0.6 is 15.9 Å². The van der Waals surface area contributed by atoms with Gasteiger partial charge in [-0.2, -0.15) is 0 Å². The minimum Gasteiger partial charge on any atom is -0.480 e. The first-order valence-corrected chi connectivity index (χ1v) is 6.95. The number of carbonyl (C=O) groups is 2. The molecule has 1 atom stereocenters. The van der Waals surface area contributed by atoms with Gasteiger partial charge < -0.3 is 10.4 Å². The van der Waals surface area contributed by atoms with Crippen LogP contribution < -0.4 is 5.32 Å². The number of carboxylic acid groups (broad SMARTS) is 1. The molecule has 0 unspecified atom stereocenters. The first-order chi connectivity index (χ1) is 8.90. The molecule has 0 heterocycles. The molecule has 0 saturated heterocycles. The average Bonchev–Trinajstić information content (AvgIpc) is 2.30. The summed E-state index contributed by atoms with van der Waals surface area (Å²) in [6.07, 6.45) is 0.598. The van der Waals surface area contributed by atoms with Gasteiger partial charge >= 0.3 is 5.97 Å². The van der Waals surface area contributed by atoms with Gasteiger partial charge in [-0.25, -0.2) is 4.79 Å². The molecule has 19 heavy (non-hydrogen) atoms. The lowest BCUT2D eigenvalue weighted by atomic mass is 10.0. The number of hydrogen-bond acceptors (Lipinski definition) is 2. The summed E-state index contributed by atoms with van der Waals surface area (Å²) >= 11 is 3.36. The highest BCUT2D eigenvalue weighted by atomic mass is 79.9. The minimum atomic E-state index is -0.992. The predicted octanol–water partition coefficient (Wildman–Crippen LogP) is 2.61. The van der Waals surface area contributed by atoms with E-state index in [-0.39, 0.29) is 18.2 Å². The van der Waals surface area contributed by atoms with Gasteiger partial charge in [-0.3, -0.25) is 4.79 Å².